The fraction of sp³-hybridized carbons (Fsp3) is 0.310. The highest BCUT2D eigenvalue weighted by molar-refractivity contribution is 5.79. The van der Waals surface area contributed by atoms with Crippen LogP contribution >= 0.6 is 0 Å². The molecule has 1 amide bonds. The van der Waals surface area contributed by atoms with Crippen LogP contribution in [0, 0.1) is 0 Å². The Labute approximate surface area is 211 Å². The summed E-state index contributed by atoms with van der Waals surface area (Å²) < 4.78 is 11.4. The predicted molar refractivity (Wildman–Crippen MR) is 138 cm³/mol. The van der Waals surface area contributed by atoms with Gasteiger partial charge in [-0.05, 0) is 67.1 Å². The van der Waals surface area contributed by atoms with E-state index in [4.69, 9.17) is 9.47 Å². The van der Waals surface area contributed by atoms with Crippen molar-refractivity contribution in [2.24, 2.45) is 0 Å². The average Bonchev–Trinajstić information content (AvgIpc) is 3.14. The van der Waals surface area contributed by atoms with Crippen LogP contribution in [0.3, 0.4) is 0 Å². The molecule has 3 aromatic carbocycles. The topological polar surface area (TPSA) is 88.1 Å². The number of carboxylic acid groups (broad SMARTS) is 1. The Balaban J connectivity index is 1.34. The molecule has 1 aliphatic carbocycles. The first kappa shape index (κ1) is 25.3. The van der Waals surface area contributed by atoms with Crippen molar-refractivity contribution in [1.29, 1.82) is 0 Å². The highest BCUT2D eigenvalue weighted by Gasteiger charge is 2.29. The van der Waals surface area contributed by atoms with E-state index in [0.29, 0.717) is 13.0 Å². The lowest BCUT2D eigenvalue weighted by atomic mass is 9.98. The van der Waals surface area contributed by atoms with E-state index in [9.17, 15) is 14.7 Å². The zero-order valence-electron chi connectivity index (χ0n) is 20.9. The minimum atomic E-state index is -1.04. The lowest BCUT2D eigenvalue weighted by Gasteiger charge is -2.22. The summed E-state index contributed by atoms with van der Waals surface area (Å²) in [5, 5.41) is 10.7. The fourth-order valence-electron chi connectivity index (χ4n) is 4.44. The summed E-state index contributed by atoms with van der Waals surface area (Å²) in [4.78, 5) is 24.0. The van der Waals surface area contributed by atoms with Crippen LogP contribution in [-0.4, -0.2) is 47.5 Å². The minimum absolute atomic E-state index is 0.0649. The maximum atomic E-state index is 12.6. The molecule has 0 heterocycles. The van der Waals surface area contributed by atoms with Crippen molar-refractivity contribution in [2.45, 2.75) is 38.7 Å². The Morgan fingerprint density at radius 1 is 0.917 bits per heavy atom. The van der Waals surface area contributed by atoms with Crippen molar-refractivity contribution >= 4 is 12.1 Å². The number of benzene rings is 3. The van der Waals surface area contributed by atoms with E-state index in [1.54, 1.807) is 0 Å². The smallest absolute Gasteiger partial charge is 0.421 e. The van der Waals surface area contributed by atoms with Crippen LogP contribution in [0.2, 0.25) is 0 Å². The lowest BCUT2D eigenvalue weighted by Crippen LogP contribution is -2.46. The first-order chi connectivity index (χ1) is 17.2. The van der Waals surface area contributed by atoms with Gasteiger partial charge in [0.15, 0.2) is 0 Å². The number of amides is 1. The van der Waals surface area contributed by atoms with Crippen LogP contribution in [0.25, 0.3) is 11.1 Å². The van der Waals surface area contributed by atoms with Gasteiger partial charge in [-0.2, -0.15) is 0 Å². The van der Waals surface area contributed by atoms with E-state index in [1.807, 2.05) is 69.3 Å². The van der Waals surface area contributed by atoms with Crippen LogP contribution in [0.1, 0.15) is 43.4 Å². The van der Waals surface area contributed by atoms with Gasteiger partial charge in [-0.3, -0.25) is 10.2 Å². The molecule has 7 nitrogen and oxygen atoms in total. The fourth-order valence-corrected chi connectivity index (χ4v) is 4.44. The Bertz CT molecular complexity index is 1170. The van der Waals surface area contributed by atoms with Gasteiger partial charge in [-0.25, -0.2) is 9.80 Å². The van der Waals surface area contributed by atoms with Gasteiger partial charge >= 0.3 is 12.1 Å². The summed E-state index contributed by atoms with van der Waals surface area (Å²) in [5.74, 6) is -0.335. The van der Waals surface area contributed by atoms with E-state index >= 15 is 0 Å². The van der Waals surface area contributed by atoms with Crippen LogP contribution in [0.4, 0.5) is 4.79 Å². The first-order valence-corrected chi connectivity index (χ1v) is 12.1. The van der Waals surface area contributed by atoms with Crippen LogP contribution < -0.4 is 10.2 Å². The molecule has 3 aromatic rings. The summed E-state index contributed by atoms with van der Waals surface area (Å²) in [6.07, 6.45) is -0.126. The number of aliphatic carboxylic acids is 1. The zero-order valence-corrected chi connectivity index (χ0v) is 20.9. The molecule has 4 rings (SSSR count). The Kier molecular flexibility index (Phi) is 7.60. The van der Waals surface area contributed by atoms with Crippen LogP contribution in [-0.2, 0) is 16.0 Å². The van der Waals surface area contributed by atoms with Gasteiger partial charge in [0, 0.05) is 12.5 Å². The number of nitrogens with zero attached hydrogens (tertiary/aromatic N) is 1. The van der Waals surface area contributed by atoms with Crippen molar-refractivity contribution in [1.82, 2.24) is 10.4 Å². The molecule has 0 aromatic heterocycles. The SMILES string of the molecule is CC(C)(C)Oc1ccc(CCN(CC(=O)O)NC(=O)OCC2c3ccccc3-c3ccccc32)cc1. The molecule has 2 N–H and O–H groups in total. The number of carboxylic acids is 1. The molecular formula is C29H32N2O5. The van der Waals surface area contributed by atoms with E-state index in [0.717, 1.165) is 33.6 Å². The average molecular weight is 489 g/mol. The van der Waals surface area contributed by atoms with E-state index in [-0.39, 0.29) is 24.7 Å². The molecule has 0 unspecified atom stereocenters. The number of rotatable bonds is 9. The molecule has 0 fully saturated rings. The molecular weight excluding hydrogens is 456 g/mol. The highest BCUT2D eigenvalue weighted by Crippen LogP contribution is 2.44. The van der Waals surface area contributed by atoms with Gasteiger partial charge in [0.2, 0.25) is 0 Å². The van der Waals surface area contributed by atoms with E-state index < -0.39 is 12.1 Å². The maximum absolute atomic E-state index is 12.6. The Morgan fingerprint density at radius 3 is 2.06 bits per heavy atom. The number of nitrogens with one attached hydrogen (secondary N) is 1. The summed E-state index contributed by atoms with van der Waals surface area (Å²) in [6.45, 7) is 6.10. The number of carbonyl (C=O) groups excluding carboxylic acids is 1. The number of carbonyl (C=O) groups is 2. The van der Waals surface area contributed by atoms with Gasteiger partial charge < -0.3 is 14.6 Å². The number of ether oxygens (including phenoxy) is 2. The second-order valence-electron chi connectivity index (χ2n) is 9.86. The molecule has 0 atom stereocenters. The Morgan fingerprint density at radius 2 is 1.50 bits per heavy atom. The summed E-state index contributed by atoms with van der Waals surface area (Å²) in [7, 11) is 0. The molecule has 1 aliphatic rings. The van der Waals surface area contributed by atoms with Gasteiger partial charge in [0.25, 0.3) is 0 Å². The van der Waals surface area contributed by atoms with Crippen molar-refractivity contribution in [3.8, 4) is 16.9 Å². The summed E-state index contributed by atoms with van der Waals surface area (Å²) in [6, 6.07) is 23.9. The Hall–Kier alpha value is -3.84. The molecule has 7 heteroatoms. The minimum Gasteiger partial charge on any atom is -0.488 e. The van der Waals surface area contributed by atoms with Gasteiger partial charge in [-0.15, -0.1) is 0 Å². The van der Waals surface area contributed by atoms with Gasteiger partial charge in [-0.1, -0.05) is 60.7 Å². The third kappa shape index (κ3) is 6.43. The predicted octanol–water partition coefficient (Wildman–Crippen LogP) is 5.25. The molecule has 0 radical (unpaired) electrons. The van der Waals surface area contributed by atoms with E-state index in [1.165, 1.54) is 5.01 Å². The third-order valence-electron chi connectivity index (χ3n) is 5.94. The zero-order chi connectivity index (χ0) is 25.7. The second-order valence-corrected chi connectivity index (χ2v) is 9.86. The first-order valence-electron chi connectivity index (χ1n) is 12.1. The monoisotopic (exact) mass is 488 g/mol. The van der Waals surface area contributed by atoms with Crippen molar-refractivity contribution < 1.29 is 24.2 Å². The van der Waals surface area contributed by atoms with Crippen LogP contribution in [0.15, 0.2) is 72.8 Å². The summed E-state index contributed by atoms with van der Waals surface area (Å²) in [5.41, 5.74) is 7.85. The lowest BCUT2D eigenvalue weighted by molar-refractivity contribution is -0.138. The van der Waals surface area contributed by atoms with Crippen molar-refractivity contribution in [3.63, 3.8) is 0 Å². The molecule has 188 valence electrons. The number of fused-ring (bicyclic) bond motifs is 3. The standard InChI is InChI=1S/C29H32N2O5/c1-29(2,3)36-21-14-12-20(13-15-21)16-17-31(18-27(32)33)30-28(34)35-19-26-24-10-6-4-8-22(24)23-9-5-7-11-25(23)26/h4-15,26H,16-19H2,1-3H3,(H,30,34)(H,32,33). The molecule has 0 aliphatic heterocycles. The number of hydrogen-bond donors (Lipinski definition) is 2. The maximum Gasteiger partial charge on any atom is 0.421 e. The van der Waals surface area contributed by atoms with Crippen molar-refractivity contribution in [3.05, 3.63) is 89.5 Å². The molecule has 0 bridgehead atoms. The quantitative estimate of drug-likeness (QED) is 0.400. The number of hydrogen-bond acceptors (Lipinski definition) is 5. The molecule has 0 saturated heterocycles. The molecule has 0 saturated carbocycles. The summed E-state index contributed by atoms with van der Waals surface area (Å²) >= 11 is 0. The van der Waals surface area contributed by atoms with Crippen molar-refractivity contribution in [2.75, 3.05) is 19.7 Å². The number of hydrazine groups is 1. The normalized spacial score (nSPS) is 12.7. The molecule has 0 spiro atoms. The van der Waals surface area contributed by atoms with Crippen LogP contribution in [0.5, 0.6) is 5.75 Å². The van der Waals surface area contributed by atoms with Gasteiger partial charge in [0.05, 0.1) is 0 Å². The highest BCUT2D eigenvalue weighted by atomic mass is 16.6. The third-order valence-corrected chi connectivity index (χ3v) is 5.94. The second kappa shape index (κ2) is 10.8. The largest absolute Gasteiger partial charge is 0.488 e. The van der Waals surface area contributed by atoms with Gasteiger partial charge in [0.1, 0.15) is 24.5 Å². The molecule has 36 heavy (non-hydrogen) atoms. The van der Waals surface area contributed by atoms with E-state index in [2.05, 4.69) is 29.7 Å².